The molecule has 0 aliphatic heterocycles. The van der Waals surface area contributed by atoms with E-state index in [1.807, 2.05) is 0 Å². The second-order valence-corrected chi connectivity index (χ2v) is 8.21. The van der Waals surface area contributed by atoms with Crippen LogP contribution in [0.5, 0.6) is 5.75 Å². The summed E-state index contributed by atoms with van der Waals surface area (Å²) in [4.78, 5) is 26.9. The highest BCUT2D eigenvalue weighted by molar-refractivity contribution is 9.10. The minimum atomic E-state index is -0.743. The molecule has 0 unspecified atom stereocenters. The van der Waals surface area contributed by atoms with E-state index in [0.717, 1.165) is 12.1 Å². The lowest BCUT2D eigenvalue weighted by molar-refractivity contribution is 0.0685. The fraction of sp³-hybridized carbons (Fsp3) is 0.250. The number of hydrogen-bond acceptors (Lipinski definition) is 5. The molecule has 0 saturated carbocycles. The van der Waals surface area contributed by atoms with Gasteiger partial charge in [0, 0.05) is 47.7 Å². The lowest BCUT2D eigenvalue weighted by Gasteiger charge is -2.21. The normalized spacial score (nSPS) is 10.9. The first-order valence-corrected chi connectivity index (χ1v) is 11.2. The van der Waals surface area contributed by atoms with Crippen molar-refractivity contribution in [1.82, 2.24) is 9.47 Å². The van der Waals surface area contributed by atoms with Gasteiger partial charge in [0.05, 0.1) is 13.2 Å². The van der Waals surface area contributed by atoms with Crippen molar-refractivity contribution in [1.29, 1.82) is 0 Å². The van der Waals surface area contributed by atoms with Crippen LogP contribution in [-0.4, -0.2) is 51.9 Å². The minimum absolute atomic E-state index is 0.0932. The first kappa shape index (κ1) is 25.5. The van der Waals surface area contributed by atoms with Gasteiger partial charge in [0.15, 0.2) is 0 Å². The molecule has 10 heteroatoms. The molecule has 180 valence electrons. The predicted octanol–water partition coefficient (Wildman–Crippen LogP) is 3.19. The van der Waals surface area contributed by atoms with Crippen molar-refractivity contribution in [3.8, 4) is 11.4 Å². The van der Waals surface area contributed by atoms with E-state index in [1.165, 1.54) is 15.5 Å². The fourth-order valence-electron chi connectivity index (χ4n) is 3.39. The largest absolute Gasteiger partial charge is 0.487 e. The van der Waals surface area contributed by atoms with Crippen LogP contribution in [0.15, 0.2) is 57.8 Å². The van der Waals surface area contributed by atoms with Gasteiger partial charge in [0.2, 0.25) is 0 Å². The maximum atomic E-state index is 13.9. The summed E-state index contributed by atoms with van der Waals surface area (Å²) in [5, 5.41) is 18.3. The van der Waals surface area contributed by atoms with E-state index >= 15 is 0 Å². The Bertz CT molecular complexity index is 1230. The van der Waals surface area contributed by atoms with Gasteiger partial charge in [-0.1, -0.05) is 0 Å². The van der Waals surface area contributed by atoms with Gasteiger partial charge in [-0.25, -0.2) is 8.78 Å². The van der Waals surface area contributed by atoms with Crippen molar-refractivity contribution >= 4 is 21.8 Å². The Morgan fingerprint density at radius 2 is 1.71 bits per heavy atom. The lowest BCUT2D eigenvalue weighted by atomic mass is 10.1. The van der Waals surface area contributed by atoms with Gasteiger partial charge in [-0.15, -0.1) is 0 Å². The number of carbonyl (C=O) groups excluding carboxylic acids is 1. The number of amides is 1. The van der Waals surface area contributed by atoms with Gasteiger partial charge in [-0.2, -0.15) is 0 Å². The number of aliphatic hydroxyl groups is 2. The number of hydrogen-bond donors (Lipinski definition) is 2. The molecule has 0 saturated heterocycles. The maximum absolute atomic E-state index is 13.9. The highest BCUT2D eigenvalue weighted by Gasteiger charge is 2.17. The molecule has 3 rings (SSSR count). The number of halogens is 3. The number of rotatable bonds is 9. The summed E-state index contributed by atoms with van der Waals surface area (Å²) in [5.41, 5.74) is 1.11. The van der Waals surface area contributed by atoms with Gasteiger partial charge in [-0.3, -0.25) is 14.2 Å². The molecule has 1 heterocycles. The number of nitrogens with zero attached hydrogens (tertiary/aromatic N) is 2. The molecular weight excluding hydrogens is 514 g/mol. The number of aliphatic hydroxyl groups excluding tert-OH is 2. The molecule has 1 amide bonds. The highest BCUT2D eigenvalue weighted by Crippen LogP contribution is 2.25. The maximum Gasteiger partial charge on any atom is 0.273 e. The average molecular weight is 537 g/mol. The number of pyridine rings is 1. The summed E-state index contributed by atoms with van der Waals surface area (Å²) < 4.78 is 34.1. The zero-order chi connectivity index (χ0) is 24.8. The van der Waals surface area contributed by atoms with Gasteiger partial charge in [0.25, 0.3) is 11.5 Å². The van der Waals surface area contributed by atoms with Crippen molar-refractivity contribution in [2.24, 2.45) is 0 Å². The molecule has 0 aliphatic rings. The van der Waals surface area contributed by atoms with Crippen LogP contribution in [0.3, 0.4) is 0 Å². The van der Waals surface area contributed by atoms with E-state index in [4.69, 9.17) is 14.9 Å². The molecule has 0 spiro atoms. The van der Waals surface area contributed by atoms with Crippen LogP contribution in [0, 0.1) is 18.6 Å². The molecule has 2 aromatic carbocycles. The van der Waals surface area contributed by atoms with Crippen molar-refractivity contribution in [3.63, 3.8) is 0 Å². The summed E-state index contributed by atoms with van der Waals surface area (Å²) in [6, 6.07) is 11.1. The third-order valence-corrected chi connectivity index (χ3v) is 5.83. The van der Waals surface area contributed by atoms with Crippen LogP contribution in [0.4, 0.5) is 8.78 Å². The van der Waals surface area contributed by atoms with Gasteiger partial charge in [-0.05, 0) is 59.3 Å². The molecule has 0 atom stereocenters. The van der Waals surface area contributed by atoms with E-state index in [0.29, 0.717) is 16.9 Å². The Hall–Kier alpha value is -3.08. The van der Waals surface area contributed by atoms with Crippen LogP contribution in [-0.2, 0) is 6.61 Å². The van der Waals surface area contributed by atoms with E-state index in [2.05, 4.69) is 15.9 Å². The first-order chi connectivity index (χ1) is 16.3. The zero-order valence-corrected chi connectivity index (χ0v) is 19.9. The smallest absolute Gasteiger partial charge is 0.273 e. The number of benzene rings is 2. The van der Waals surface area contributed by atoms with Crippen molar-refractivity contribution in [2.75, 3.05) is 26.3 Å². The van der Waals surface area contributed by atoms with Crippen LogP contribution in [0.25, 0.3) is 5.69 Å². The molecule has 3 aromatic rings. The Labute approximate surface area is 203 Å². The zero-order valence-electron chi connectivity index (χ0n) is 18.3. The standard InChI is InChI=1S/C24H23BrF2N2O5/c1-15-12-21(34-14-17-2-5-18(26)13-20(17)27)22(25)24(33)29(15)19-6-3-16(4-7-19)23(32)28(8-10-30)9-11-31/h2-7,12-13,30-31H,8-11,14H2,1H3. The quantitative estimate of drug-likeness (QED) is 0.438. The topological polar surface area (TPSA) is 92.0 Å². The van der Waals surface area contributed by atoms with Gasteiger partial charge >= 0.3 is 0 Å². The molecule has 7 nitrogen and oxygen atoms in total. The van der Waals surface area contributed by atoms with Crippen LogP contribution >= 0.6 is 15.9 Å². The molecule has 2 N–H and O–H groups in total. The SMILES string of the molecule is Cc1cc(OCc2ccc(F)cc2F)c(Br)c(=O)n1-c1ccc(C(=O)N(CCO)CCO)cc1. The number of aromatic nitrogens is 1. The summed E-state index contributed by atoms with van der Waals surface area (Å²) in [6.07, 6.45) is 0. The van der Waals surface area contributed by atoms with E-state index < -0.39 is 17.2 Å². The van der Waals surface area contributed by atoms with Crippen LogP contribution < -0.4 is 10.3 Å². The second-order valence-electron chi connectivity index (χ2n) is 7.42. The van der Waals surface area contributed by atoms with E-state index in [-0.39, 0.29) is 54.6 Å². The third-order valence-electron chi connectivity index (χ3n) is 5.10. The monoisotopic (exact) mass is 536 g/mol. The fourth-order valence-corrected chi connectivity index (χ4v) is 3.80. The number of carbonyl (C=O) groups is 1. The Morgan fingerprint density at radius 3 is 2.29 bits per heavy atom. The molecule has 34 heavy (non-hydrogen) atoms. The summed E-state index contributed by atoms with van der Waals surface area (Å²) in [5.74, 6) is -1.58. The number of aryl methyl sites for hydroxylation is 1. The predicted molar refractivity (Wildman–Crippen MR) is 125 cm³/mol. The summed E-state index contributed by atoms with van der Waals surface area (Å²) in [7, 11) is 0. The Kier molecular flexibility index (Phi) is 8.54. The molecule has 0 fully saturated rings. The second kappa shape index (κ2) is 11.4. The lowest BCUT2D eigenvalue weighted by Crippen LogP contribution is -2.35. The Balaban J connectivity index is 1.84. The molecular formula is C24H23BrF2N2O5. The third kappa shape index (κ3) is 5.69. The Morgan fingerprint density at radius 1 is 1.06 bits per heavy atom. The minimum Gasteiger partial charge on any atom is -0.487 e. The average Bonchev–Trinajstić information content (AvgIpc) is 2.81. The van der Waals surface area contributed by atoms with Crippen molar-refractivity contribution < 1.29 is 28.5 Å². The number of ether oxygens (including phenoxy) is 1. The van der Waals surface area contributed by atoms with Crippen LogP contribution in [0.1, 0.15) is 21.6 Å². The molecule has 0 bridgehead atoms. The van der Waals surface area contributed by atoms with Crippen LogP contribution in [0.2, 0.25) is 0 Å². The van der Waals surface area contributed by atoms with Crippen molar-refractivity contribution in [3.05, 3.63) is 91.8 Å². The van der Waals surface area contributed by atoms with E-state index in [9.17, 15) is 18.4 Å². The van der Waals surface area contributed by atoms with E-state index in [1.54, 1.807) is 37.3 Å². The van der Waals surface area contributed by atoms with Gasteiger partial charge < -0.3 is 19.8 Å². The molecule has 0 radical (unpaired) electrons. The molecule has 1 aromatic heterocycles. The van der Waals surface area contributed by atoms with Crippen molar-refractivity contribution in [2.45, 2.75) is 13.5 Å². The first-order valence-electron chi connectivity index (χ1n) is 10.4. The molecule has 0 aliphatic carbocycles. The van der Waals surface area contributed by atoms with Gasteiger partial charge in [0.1, 0.15) is 28.5 Å². The highest BCUT2D eigenvalue weighted by atomic mass is 79.9. The summed E-state index contributed by atoms with van der Waals surface area (Å²) in [6.45, 7) is 1.24. The summed E-state index contributed by atoms with van der Waals surface area (Å²) >= 11 is 3.24.